The van der Waals surface area contributed by atoms with Crippen molar-refractivity contribution in [1.82, 2.24) is 0 Å². The molecule has 0 radical (unpaired) electrons. The van der Waals surface area contributed by atoms with Gasteiger partial charge in [-0.3, -0.25) is 0 Å². The molecule has 3 heteroatoms. The SMILES string of the molecule is CC1(S)CCOC1=S. The van der Waals surface area contributed by atoms with Gasteiger partial charge in [0, 0.05) is 6.42 Å². The van der Waals surface area contributed by atoms with Gasteiger partial charge < -0.3 is 4.74 Å². The maximum Gasteiger partial charge on any atom is 0.175 e. The van der Waals surface area contributed by atoms with E-state index in [4.69, 9.17) is 17.0 Å². The molecule has 0 aromatic carbocycles. The van der Waals surface area contributed by atoms with E-state index in [0.29, 0.717) is 5.05 Å². The Morgan fingerprint density at radius 1 is 1.88 bits per heavy atom. The average Bonchev–Trinajstić information content (AvgIpc) is 1.86. The quantitative estimate of drug-likeness (QED) is 0.411. The van der Waals surface area contributed by atoms with Crippen molar-refractivity contribution >= 4 is 29.9 Å². The minimum Gasteiger partial charge on any atom is -0.486 e. The molecule has 46 valence electrons. The molecule has 0 aliphatic carbocycles. The Morgan fingerprint density at radius 2 is 2.50 bits per heavy atom. The Kier molecular flexibility index (Phi) is 1.50. The van der Waals surface area contributed by atoms with Crippen LogP contribution in [0, 0.1) is 0 Å². The zero-order valence-electron chi connectivity index (χ0n) is 4.68. The van der Waals surface area contributed by atoms with Gasteiger partial charge in [0.2, 0.25) is 0 Å². The first kappa shape index (κ1) is 6.36. The van der Waals surface area contributed by atoms with Crippen LogP contribution in [0.4, 0.5) is 0 Å². The van der Waals surface area contributed by atoms with E-state index in [9.17, 15) is 0 Å². The molecule has 1 heterocycles. The first-order valence-corrected chi connectivity index (χ1v) is 3.38. The molecule has 0 bridgehead atoms. The van der Waals surface area contributed by atoms with Crippen LogP contribution in [-0.4, -0.2) is 16.4 Å². The molecule has 1 unspecified atom stereocenters. The van der Waals surface area contributed by atoms with E-state index in [0.717, 1.165) is 13.0 Å². The maximum absolute atomic E-state index is 5.02. The number of hydrogen-bond donors (Lipinski definition) is 1. The predicted molar refractivity (Wildman–Crippen MR) is 40.6 cm³/mol. The van der Waals surface area contributed by atoms with Gasteiger partial charge >= 0.3 is 0 Å². The molecule has 0 saturated carbocycles. The summed E-state index contributed by atoms with van der Waals surface area (Å²) in [6.07, 6.45) is 0.939. The monoisotopic (exact) mass is 148 g/mol. The van der Waals surface area contributed by atoms with Crippen molar-refractivity contribution in [3.63, 3.8) is 0 Å². The van der Waals surface area contributed by atoms with Gasteiger partial charge in [-0.2, -0.15) is 12.6 Å². The number of rotatable bonds is 0. The van der Waals surface area contributed by atoms with Crippen LogP contribution < -0.4 is 0 Å². The molecule has 1 aliphatic heterocycles. The molecule has 0 aromatic rings. The Morgan fingerprint density at radius 3 is 2.62 bits per heavy atom. The molecule has 1 rings (SSSR count). The lowest BCUT2D eigenvalue weighted by molar-refractivity contribution is 0.351. The highest BCUT2D eigenvalue weighted by atomic mass is 32.1. The first-order valence-electron chi connectivity index (χ1n) is 2.52. The average molecular weight is 148 g/mol. The maximum atomic E-state index is 5.02. The Bertz CT molecular complexity index is 120. The molecule has 1 nitrogen and oxygen atoms in total. The highest BCUT2D eigenvalue weighted by Gasteiger charge is 2.31. The second-order valence-corrected chi connectivity index (χ2v) is 3.52. The largest absolute Gasteiger partial charge is 0.486 e. The number of thiol groups is 1. The first-order chi connectivity index (χ1) is 3.63. The van der Waals surface area contributed by atoms with Gasteiger partial charge in [-0.15, -0.1) is 0 Å². The lowest BCUT2D eigenvalue weighted by Crippen LogP contribution is -2.20. The third kappa shape index (κ3) is 0.977. The Balaban J connectivity index is 2.68. The minimum absolute atomic E-state index is 0.144. The fourth-order valence-corrected chi connectivity index (χ4v) is 0.941. The van der Waals surface area contributed by atoms with Crippen LogP contribution in [0.2, 0.25) is 0 Å². The molecule has 1 aliphatic rings. The second kappa shape index (κ2) is 1.88. The summed E-state index contributed by atoms with van der Waals surface area (Å²) in [5.41, 5.74) is 0. The molecule has 0 amide bonds. The van der Waals surface area contributed by atoms with Gasteiger partial charge in [-0.05, 0) is 19.1 Å². The summed E-state index contributed by atoms with van der Waals surface area (Å²) in [7, 11) is 0. The van der Waals surface area contributed by atoms with E-state index < -0.39 is 0 Å². The standard InChI is InChI=1S/C5H8OS2/c1-5(8)2-3-6-4(5)7/h8H,2-3H2,1H3. The normalized spacial score (nSPS) is 37.5. The molecule has 0 spiro atoms. The number of thiocarbonyl (C=S) groups is 1. The van der Waals surface area contributed by atoms with Crippen LogP contribution >= 0.6 is 24.8 Å². The van der Waals surface area contributed by atoms with Crippen molar-refractivity contribution in [2.45, 2.75) is 18.1 Å². The molecule has 8 heavy (non-hydrogen) atoms. The third-order valence-corrected chi connectivity index (χ3v) is 2.41. The summed E-state index contributed by atoms with van der Waals surface area (Å²) in [5, 5.41) is 0.640. The van der Waals surface area contributed by atoms with E-state index in [-0.39, 0.29) is 4.75 Å². The zero-order valence-corrected chi connectivity index (χ0v) is 6.39. The van der Waals surface area contributed by atoms with E-state index in [1.807, 2.05) is 6.92 Å². The van der Waals surface area contributed by atoms with Crippen LogP contribution in [0.25, 0.3) is 0 Å². The van der Waals surface area contributed by atoms with Crippen LogP contribution in [-0.2, 0) is 4.74 Å². The van der Waals surface area contributed by atoms with Crippen molar-refractivity contribution in [2.75, 3.05) is 6.61 Å². The number of ether oxygens (including phenoxy) is 1. The lowest BCUT2D eigenvalue weighted by atomic mass is 10.1. The van der Waals surface area contributed by atoms with Crippen molar-refractivity contribution in [1.29, 1.82) is 0 Å². The van der Waals surface area contributed by atoms with E-state index in [1.165, 1.54) is 0 Å². The van der Waals surface area contributed by atoms with Gasteiger partial charge in [-0.25, -0.2) is 0 Å². The third-order valence-electron chi connectivity index (χ3n) is 1.26. The van der Waals surface area contributed by atoms with Crippen molar-refractivity contribution in [2.24, 2.45) is 0 Å². The summed E-state index contributed by atoms with van der Waals surface area (Å²) >= 11 is 9.13. The summed E-state index contributed by atoms with van der Waals surface area (Å²) in [4.78, 5) is 0. The van der Waals surface area contributed by atoms with Gasteiger partial charge in [-0.1, -0.05) is 0 Å². The van der Waals surface area contributed by atoms with Gasteiger partial charge in [0.1, 0.15) is 0 Å². The summed E-state index contributed by atoms with van der Waals surface area (Å²) in [6, 6.07) is 0. The van der Waals surface area contributed by atoms with E-state index >= 15 is 0 Å². The molecule has 0 N–H and O–H groups in total. The van der Waals surface area contributed by atoms with Crippen molar-refractivity contribution < 1.29 is 4.74 Å². The fourth-order valence-electron chi connectivity index (χ4n) is 0.600. The van der Waals surface area contributed by atoms with Gasteiger partial charge in [0.25, 0.3) is 0 Å². The van der Waals surface area contributed by atoms with Crippen LogP contribution in [0.1, 0.15) is 13.3 Å². The van der Waals surface area contributed by atoms with Crippen LogP contribution in [0.3, 0.4) is 0 Å². The summed E-state index contributed by atoms with van der Waals surface area (Å²) < 4.78 is 4.88. The minimum atomic E-state index is -0.144. The lowest BCUT2D eigenvalue weighted by Gasteiger charge is -2.10. The van der Waals surface area contributed by atoms with E-state index in [2.05, 4.69) is 12.6 Å². The second-order valence-electron chi connectivity index (χ2n) is 2.16. The van der Waals surface area contributed by atoms with Gasteiger partial charge in [0.05, 0.1) is 11.4 Å². The van der Waals surface area contributed by atoms with E-state index in [1.54, 1.807) is 0 Å². The van der Waals surface area contributed by atoms with Crippen LogP contribution in [0.15, 0.2) is 0 Å². The highest BCUT2D eigenvalue weighted by Crippen LogP contribution is 2.27. The van der Waals surface area contributed by atoms with Crippen molar-refractivity contribution in [3.05, 3.63) is 0 Å². The molecular weight excluding hydrogens is 140 g/mol. The number of hydrogen-bond acceptors (Lipinski definition) is 3. The molecule has 1 fully saturated rings. The van der Waals surface area contributed by atoms with Crippen LogP contribution in [0.5, 0.6) is 0 Å². The molecule has 0 aromatic heterocycles. The summed E-state index contributed by atoms with van der Waals surface area (Å²) in [6.45, 7) is 2.71. The fraction of sp³-hybridized carbons (Fsp3) is 0.800. The zero-order chi connectivity index (χ0) is 6.20. The Labute approximate surface area is 59.8 Å². The molecule has 1 saturated heterocycles. The predicted octanol–water partition coefficient (Wildman–Crippen LogP) is 1.42. The van der Waals surface area contributed by atoms with Crippen molar-refractivity contribution in [3.8, 4) is 0 Å². The summed E-state index contributed by atoms with van der Waals surface area (Å²) in [5.74, 6) is 0. The topological polar surface area (TPSA) is 9.23 Å². The molecule has 1 atom stereocenters. The highest BCUT2D eigenvalue weighted by molar-refractivity contribution is 7.87. The molecular formula is C5H8OS2. The smallest absolute Gasteiger partial charge is 0.175 e. The Hall–Kier alpha value is 0.240. The van der Waals surface area contributed by atoms with Gasteiger partial charge in [0.15, 0.2) is 5.05 Å².